The zero-order valence-electron chi connectivity index (χ0n) is 17.6. The molecule has 0 atom stereocenters. The molecule has 7 heteroatoms. The largest absolute Gasteiger partial charge is 0.658 e. The average molecular weight is 445 g/mol. The van der Waals surface area contributed by atoms with Crippen molar-refractivity contribution in [3.8, 4) is 23.0 Å². The van der Waals surface area contributed by atoms with Crippen LogP contribution in [0.2, 0.25) is 0 Å². The minimum atomic E-state index is -0.297. The summed E-state index contributed by atoms with van der Waals surface area (Å²) < 4.78 is 49.4. The van der Waals surface area contributed by atoms with Crippen LogP contribution >= 0.6 is 0 Å². The molecule has 33 heavy (non-hydrogen) atoms. The highest BCUT2D eigenvalue weighted by atomic mass is 19.1. The topological polar surface area (TPSA) is 36.9 Å². The lowest BCUT2D eigenvalue weighted by atomic mass is 10.2. The highest BCUT2D eigenvalue weighted by Crippen LogP contribution is 2.21. The van der Waals surface area contributed by atoms with Gasteiger partial charge in [-0.1, -0.05) is 36.4 Å². The van der Waals surface area contributed by atoms with Gasteiger partial charge in [-0.05, 0) is 60.7 Å². The van der Waals surface area contributed by atoms with Crippen molar-refractivity contribution in [3.05, 3.63) is 120 Å². The molecule has 0 unspecified atom stereocenters. The highest BCUT2D eigenvalue weighted by Gasteiger charge is 2.06. The van der Waals surface area contributed by atoms with Gasteiger partial charge in [-0.25, -0.2) is 8.78 Å². The summed E-state index contributed by atoms with van der Waals surface area (Å²) in [5.74, 6) is 1.70. The molecule has 0 fully saturated rings. The number of ether oxygens (including phenoxy) is 2. The molecule has 4 rings (SSSR count). The Morgan fingerprint density at radius 2 is 0.848 bits per heavy atom. The molecule has 0 spiro atoms. The molecule has 165 valence electrons. The number of benzene rings is 4. The monoisotopic (exact) mass is 445 g/mol. The zero-order valence-corrected chi connectivity index (χ0v) is 17.6. The van der Waals surface area contributed by atoms with Crippen molar-refractivity contribution in [2.24, 2.45) is 0 Å². The molecule has 0 aliphatic heterocycles. The summed E-state index contributed by atoms with van der Waals surface area (Å²) in [5, 5.41) is 0. The average Bonchev–Trinajstić information content (AvgIpc) is 2.85. The van der Waals surface area contributed by atoms with E-state index in [0.29, 0.717) is 34.1 Å². The first-order valence-corrected chi connectivity index (χ1v) is 10.2. The predicted octanol–water partition coefficient (Wildman–Crippen LogP) is 6.11. The van der Waals surface area contributed by atoms with Gasteiger partial charge in [-0.2, -0.15) is 0 Å². The Morgan fingerprint density at radius 3 is 1.24 bits per heavy atom. The third-order valence-electron chi connectivity index (χ3n) is 4.72. The number of hydrogen-bond acceptors (Lipinski definition) is 4. The molecular weight excluding hydrogens is 425 g/mol. The lowest BCUT2D eigenvalue weighted by molar-refractivity contribution is 0.299. The number of halogens is 2. The molecule has 0 N–H and O–H groups in total. The zero-order chi connectivity index (χ0) is 22.9. The first kappa shape index (κ1) is 22.2. The van der Waals surface area contributed by atoms with Gasteiger partial charge in [0.15, 0.2) is 0 Å². The summed E-state index contributed by atoms with van der Waals surface area (Å²) in [6.45, 7) is 0.282. The van der Waals surface area contributed by atoms with Crippen LogP contribution in [0.4, 0.5) is 8.78 Å². The third kappa shape index (κ3) is 6.49. The molecule has 4 aromatic carbocycles. The maximum Gasteiger partial charge on any atom is 0.658 e. The van der Waals surface area contributed by atoms with Crippen LogP contribution in [0.1, 0.15) is 11.1 Å². The van der Waals surface area contributed by atoms with Crippen LogP contribution in [-0.4, -0.2) is 7.69 Å². The molecule has 0 amide bonds. The van der Waals surface area contributed by atoms with Crippen molar-refractivity contribution in [1.82, 2.24) is 0 Å². The van der Waals surface area contributed by atoms with Crippen molar-refractivity contribution in [2.45, 2.75) is 13.2 Å². The van der Waals surface area contributed by atoms with E-state index >= 15 is 0 Å². The normalized spacial score (nSPS) is 10.4. The van der Waals surface area contributed by atoms with Crippen molar-refractivity contribution in [3.63, 3.8) is 0 Å². The van der Waals surface area contributed by atoms with Gasteiger partial charge in [0.2, 0.25) is 0 Å². The summed E-state index contributed by atoms with van der Waals surface area (Å²) >= 11 is 0. The van der Waals surface area contributed by atoms with Gasteiger partial charge in [0.1, 0.15) is 47.8 Å². The fraction of sp³-hybridized carbons (Fsp3) is 0.0769. The van der Waals surface area contributed by atoms with Crippen molar-refractivity contribution in [2.75, 3.05) is 0 Å². The molecule has 1 radical (unpaired) electrons. The van der Waals surface area contributed by atoms with E-state index < -0.39 is 0 Å². The second-order valence-corrected chi connectivity index (χ2v) is 7.03. The van der Waals surface area contributed by atoms with Crippen LogP contribution in [-0.2, 0) is 13.2 Å². The first-order chi connectivity index (χ1) is 16.2. The van der Waals surface area contributed by atoms with Gasteiger partial charge >= 0.3 is 7.69 Å². The highest BCUT2D eigenvalue weighted by molar-refractivity contribution is 6.20. The summed E-state index contributed by atoms with van der Waals surface area (Å²) in [6, 6.07) is 26.8. The molecular formula is C26H20BF2O4. The Hall–Kier alpha value is -4.00. The second kappa shape index (κ2) is 11.0. The van der Waals surface area contributed by atoms with Crippen LogP contribution in [0.25, 0.3) is 0 Å². The van der Waals surface area contributed by atoms with Crippen molar-refractivity contribution >= 4 is 7.69 Å². The first-order valence-electron chi connectivity index (χ1n) is 10.2. The Kier molecular flexibility index (Phi) is 7.43. The van der Waals surface area contributed by atoms with E-state index in [4.69, 9.17) is 18.8 Å². The van der Waals surface area contributed by atoms with Gasteiger partial charge in [0.25, 0.3) is 0 Å². The lowest BCUT2D eigenvalue weighted by Crippen LogP contribution is -2.10. The van der Waals surface area contributed by atoms with Crippen LogP contribution in [0, 0.1) is 11.6 Å². The maximum absolute atomic E-state index is 13.6. The number of hydrogen-bond donors (Lipinski definition) is 0. The third-order valence-corrected chi connectivity index (χ3v) is 4.72. The van der Waals surface area contributed by atoms with Gasteiger partial charge in [0, 0.05) is 11.1 Å². The molecule has 0 heterocycles. The second-order valence-electron chi connectivity index (χ2n) is 7.03. The standard InChI is InChI=1S/C26H20BF2O4/c28-25-7-3-1-5-19(25)17-30-21-9-13-23(14-10-21)32-27-33-24-15-11-22(12-16-24)31-18-20-6-2-4-8-26(20)29/h1-16H,17-18H2. The Morgan fingerprint density at radius 1 is 0.485 bits per heavy atom. The quantitative estimate of drug-likeness (QED) is 0.276. The van der Waals surface area contributed by atoms with E-state index in [1.807, 2.05) is 0 Å². The summed E-state index contributed by atoms with van der Waals surface area (Å²) in [4.78, 5) is 0. The van der Waals surface area contributed by atoms with Crippen LogP contribution in [0.3, 0.4) is 0 Å². The van der Waals surface area contributed by atoms with E-state index in [2.05, 4.69) is 0 Å². The van der Waals surface area contributed by atoms with Crippen LogP contribution in [0.5, 0.6) is 23.0 Å². The Balaban J connectivity index is 1.20. The van der Waals surface area contributed by atoms with Gasteiger partial charge < -0.3 is 18.8 Å². The van der Waals surface area contributed by atoms with Crippen LogP contribution < -0.4 is 18.8 Å². The molecule has 0 aliphatic rings. The molecule has 0 saturated heterocycles. The fourth-order valence-electron chi connectivity index (χ4n) is 2.92. The van der Waals surface area contributed by atoms with Gasteiger partial charge in [-0.15, -0.1) is 0 Å². The van der Waals surface area contributed by atoms with E-state index in [1.165, 1.54) is 19.8 Å². The van der Waals surface area contributed by atoms with E-state index in [-0.39, 0.29) is 24.8 Å². The summed E-state index contributed by atoms with van der Waals surface area (Å²) in [5.41, 5.74) is 0.978. The predicted molar refractivity (Wildman–Crippen MR) is 121 cm³/mol. The minimum Gasteiger partial charge on any atom is -0.526 e. The Labute approximate surface area is 191 Å². The molecule has 0 aliphatic carbocycles. The molecule has 4 nitrogen and oxygen atoms in total. The maximum atomic E-state index is 13.6. The van der Waals surface area contributed by atoms with E-state index in [0.717, 1.165) is 0 Å². The fourth-order valence-corrected chi connectivity index (χ4v) is 2.92. The van der Waals surface area contributed by atoms with E-state index in [9.17, 15) is 8.78 Å². The molecule has 0 aromatic heterocycles. The SMILES string of the molecule is Fc1ccccc1COc1ccc(O[B]Oc2ccc(OCc3ccccc3F)cc2)cc1. The smallest absolute Gasteiger partial charge is 0.526 e. The van der Waals surface area contributed by atoms with Crippen LogP contribution in [0.15, 0.2) is 97.1 Å². The molecule has 0 bridgehead atoms. The molecule has 4 aromatic rings. The summed E-state index contributed by atoms with van der Waals surface area (Å²) in [6.07, 6.45) is 0. The minimum absolute atomic E-state index is 0.141. The van der Waals surface area contributed by atoms with Crippen molar-refractivity contribution < 1.29 is 27.6 Å². The Bertz CT molecular complexity index is 1070. The van der Waals surface area contributed by atoms with Crippen molar-refractivity contribution in [1.29, 1.82) is 0 Å². The van der Waals surface area contributed by atoms with E-state index in [1.54, 1.807) is 84.9 Å². The van der Waals surface area contributed by atoms with Gasteiger partial charge in [0.05, 0.1) is 0 Å². The molecule has 0 saturated carbocycles. The van der Waals surface area contributed by atoms with Gasteiger partial charge in [-0.3, -0.25) is 0 Å². The summed E-state index contributed by atoms with van der Waals surface area (Å²) in [7, 11) is 1.21. The lowest BCUT2D eigenvalue weighted by Gasteiger charge is -2.10. The number of rotatable bonds is 10.